The first-order valence-corrected chi connectivity index (χ1v) is 7.19. The minimum Gasteiger partial charge on any atom is -0.477 e. The molecule has 2 heterocycles. The molecule has 0 spiro atoms. The Bertz CT molecular complexity index is 540. The lowest BCUT2D eigenvalue weighted by molar-refractivity contribution is 0.0701. The zero-order valence-electron chi connectivity index (χ0n) is 9.79. The van der Waals surface area contributed by atoms with E-state index in [4.69, 9.17) is 5.11 Å². The second-order valence-electron chi connectivity index (χ2n) is 3.66. The number of carbonyl (C=O) groups is 1. The molecule has 0 aliphatic rings. The fourth-order valence-electron chi connectivity index (χ4n) is 1.43. The largest absolute Gasteiger partial charge is 0.477 e. The van der Waals surface area contributed by atoms with Gasteiger partial charge in [0.1, 0.15) is 4.88 Å². The fourth-order valence-corrected chi connectivity index (χ4v) is 3.52. The Morgan fingerprint density at radius 2 is 2.39 bits per heavy atom. The summed E-state index contributed by atoms with van der Waals surface area (Å²) < 4.78 is 0.814. The van der Waals surface area contributed by atoms with Gasteiger partial charge in [0.15, 0.2) is 4.34 Å². The first-order valence-electron chi connectivity index (χ1n) is 5.39. The predicted octanol–water partition coefficient (Wildman–Crippen LogP) is 2.88. The summed E-state index contributed by atoms with van der Waals surface area (Å²) in [5.74, 6) is -0.0262. The lowest BCUT2D eigenvalue weighted by atomic mass is 10.2. The van der Waals surface area contributed by atoms with Gasteiger partial charge in [-0.2, -0.15) is 0 Å². The number of nitrogens with zero attached hydrogens (tertiary/aromatic N) is 2. The van der Waals surface area contributed by atoms with E-state index in [1.165, 1.54) is 16.9 Å². The summed E-state index contributed by atoms with van der Waals surface area (Å²) in [6.45, 7) is 1.73. The van der Waals surface area contributed by atoms with Gasteiger partial charge in [-0.05, 0) is 25.0 Å². The van der Waals surface area contributed by atoms with Crippen molar-refractivity contribution in [3.8, 4) is 0 Å². The van der Waals surface area contributed by atoms with Crippen LogP contribution >= 0.6 is 23.1 Å². The van der Waals surface area contributed by atoms with E-state index in [0.29, 0.717) is 10.6 Å². The molecule has 2 rings (SSSR count). The average molecular weight is 280 g/mol. The Balaban J connectivity index is 1.91. The van der Waals surface area contributed by atoms with E-state index in [1.807, 2.05) is 18.3 Å². The van der Waals surface area contributed by atoms with Crippen LogP contribution in [-0.4, -0.2) is 26.8 Å². The lowest BCUT2D eigenvalue weighted by Gasteiger charge is -1.98. The third-order valence-corrected chi connectivity index (χ3v) is 4.60. The number of hydrogen-bond donors (Lipinski definition) is 1. The maximum Gasteiger partial charge on any atom is 0.347 e. The summed E-state index contributed by atoms with van der Waals surface area (Å²) in [6, 6.07) is 3.94. The number of aromatic nitrogens is 2. The summed E-state index contributed by atoms with van der Waals surface area (Å²) in [4.78, 5) is 19.5. The van der Waals surface area contributed by atoms with Crippen LogP contribution in [0.15, 0.2) is 28.9 Å². The van der Waals surface area contributed by atoms with E-state index in [1.54, 1.807) is 24.9 Å². The second kappa shape index (κ2) is 5.97. The number of thiazole rings is 1. The molecular weight excluding hydrogens is 268 g/mol. The highest BCUT2D eigenvalue weighted by molar-refractivity contribution is 8.01. The van der Waals surface area contributed by atoms with Gasteiger partial charge in [-0.25, -0.2) is 9.78 Å². The van der Waals surface area contributed by atoms with E-state index in [2.05, 4.69) is 9.97 Å². The van der Waals surface area contributed by atoms with Crippen LogP contribution in [0.5, 0.6) is 0 Å². The highest BCUT2D eigenvalue weighted by Crippen LogP contribution is 2.27. The van der Waals surface area contributed by atoms with Crippen LogP contribution in [0, 0.1) is 6.92 Å². The Morgan fingerprint density at radius 3 is 3.00 bits per heavy atom. The van der Waals surface area contributed by atoms with Crippen molar-refractivity contribution in [1.82, 2.24) is 9.97 Å². The number of hydrogen-bond acceptors (Lipinski definition) is 5. The fraction of sp³-hybridized carbons (Fsp3) is 0.250. The second-order valence-corrected chi connectivity index (χ2v) is 6.00. The first-order chi connectivity index (χ1) is 8.66. The number of pyridine rings is 1. The van der Waals surface area contributed by atoms with Crippen LogP contribution in [0.3, 0.4) is 0 Å². The molecule has 0 amide bonds. The van der Waals surface area contributed by atoms with Crippen molar-refractivity contribution in [2.24, 2.45) is 0 Å². The third kappa shape index (κ3) is 3.30. The molecule has 0 radical (unpaired) electrons. The van der Waals surface area contributed by atoms with Crippen LogP contribution in [-0.2, 0) is 6.42 Å². The number of carboxylic acid groups (broad SMARTS) is 1. The zero-order valence-corrected chi connectivity index (χ0v) is 11.4. The molecule has 6 heteroatoms. The molecule has 0 bridgehead atoms. The highest BCUT2D eigenvalue weighted by Gasteiger charge is 2.13. The summed E-state index contributed by atoms with van der Waals surface area (Å²) in [7, 11) is 0. The Morgan fingerprint density at radius 1 is 1.56 bits per heavy atom. The van der Waals surface area contributed by atoms with E-state index < -0.39 is 5.97 Å². The molecule has 2 aromatic rings. The Kier molecular flexibility index (Phi) is 4.33. The molecule has 0 atom stereocenters. The van der Waals surface area contributed by atoms with E-state index in [-0.39, 0.29) is 0 Å². The molecular formula is C12H12N2O2S2. The monoisotopic (exact) mass is 280 g/mol. The zero-order chi connectivity index (χ0) is 13.0. The third-order valence-electron chi connectivity index (χ3n) is 2.31. The normalized spacial score (nSPS) is 10.5. The number of aryl methyl sites for hydroxylation is 2. The number of carboxylic acids is 1. The van der Waals surface area contributed by atoms with Crippen LogP contribution in [0.25, 0.3) is 0 Å². The minimum absolute atomic E-state index is 0.332. The summed E-state index contributed by atoms with van der Waals surface area (Å²) >= 11 is 2.82. The maximum absolute atomic E-state index is 10.9. The SMILES string of the molecule is Cc1nc(SCCc2cccnc2)sc1C(=O)O. The van der Waals surface area contributed by atoms with Crippen molar-refractivity contribution >= 4 is 29.1 Å². The summed E-state index contributed by atoms with van der Waals surface area (Å²) in [5, 5.41) is 8.94. The van der Waals surface area contributed by atoms with E-state index >= 15 is 0 Å². The van der Waals surface area contributed by atoms with Crippen molar-refractivity contribution in [1.29, 1.82) is 0 Å². The van der Waals surface area contributed by atoms with Crippen molar-refractivity contribution in [3.63, 3.8) is 0 Å². The van der Waals surface area contributed by atoms with Crippen LogP contribution in [0.4, 0.5) is 0 Å². The van der Waals surface area contributed by atoms with Crippen molar-refractivity contribution in [2.45, 2.75) is 17.7 Å². The molecule has 0 fully saturated rings. The van der Waals surface area contributed by atoms with Crippen LogP contribution in [0.1, 0.15) is 20.9 Å². The molecule has 2 aromatic heterocycles. The van der Waals surface area contributed by atoms with Gasteiger partial charge in [-0.3, -0.25) is 4.98 Å². The molecule has 0 aliphatic heterocycles. The minimum atomic E-state index is -0.899. The van der Waals surface area contributed by atoms with E-state index in [9.17, 15) is 4.79 Å². The van der Waals surface area contributed by atoms with Gasteiger partial charge in [0, 0.05) is 18.1 Å². The van der Waals surface area contributed by atoms with Gasteiger partial charge in [0.2, 0.25) is 0 Å². The van der Waals surface area contributed by atoms with Crippen LogP contribution < -0.4 is 0 Å². The topological polar surface area (TPSA) is 63.1 Å². The van der Waals surface area contributed by atoms with Crippen molar-refractivity contribution < 1.29 is 9.90 Å². The Hall–Kier alpha value is -1.40. The summed E-state index contributed by atoms with van der Waals surface area (Å²) in [5.41, 5.74) is 1.77. The van der Waals surface area contributed by atoms with Gasteiger partial charge in [0.05, 0.1) is 5.69 Å². The predicted molar refractivity (Wildman–Crippen MR) is 72.5 cm³/mol. The molecule has 0 aliphatic carbocycles. The van der Waals surface area contributed by atoms with Crippen LogP contribution in [0.2, 0.25) is 0 Å². The molecule has 0 saturated carbocycles. The smallest absolute Gasteiger partial charge is 0.347 e. The van der Waals surface area contributed by atoms with Gasteiger partial charge in [-0.1, -0.05) is 17.8 Å². The highest BCUT2D eigenvalue weighted by atomic mass is 32.2. The van der Waals surface area contributed by atoms with Gasteiger partial charge < -0.3 is 5.11 Å². The first kappa shape index (κ1) is 13.0. The molecule has 0 saturated heterocycles. The standard InChI is InChI=1S/C12H12N2O2S2/c1-8-10(11(15)16)18-12(14-8)17-6-4-9-3-2-5-13-7-9/h2-3,5,7H,4,6H2,1H3,(H,15,16). The van der Waals surface area contributed by atoms with Gasteiger partial charge in [0.25, 0.3) is 0 Å². The molecule has 94 valence electrons. The number of aromatic carboxylic acids is 1. The van der Waals surface area contributed by atoms with E-state index in [0.717, 1.165) is 16.5 Å². The average Bonchev–Trinajstić information content (AvgIpc) is 2.72. The van der Waals surface area contributed by atoms with Gasteiger partial charge >= 0.3 is 5.97 Å². The molecule has 4 nitrogen and oxygen atoms in total. The number of rotatable bonds is 5. The quantitative estimate of drug-likeness (QED) is 0.853. The Labute approximate surface area is 113 Å². The van der Waals surface area contributed by atoms with Gasteiger partial charge in [-0.15, -0.1) is 11.3 Å². The molecule has 0 aromatic carbocycles. The number of thioether (sulfide) groups is 1. The molecule has 1 N–H and O–H groups in total. The van der Waals surface area contributed by atoms with Crippen molar-refractivity contribution in [2.75, 3.05) is 5.75 Å². The molecule has 18 heavy (non-hydrogen) atoms. The molecule has 0 unspecified atom stereocenters. The maximum atomic E-state index is 10.9. The van der Waals surface area contributed by atoms with Crippen molar-refractivity contribution in [3.05, 3.63) is 40.7 Å². The lowest BCUT2D eigenvalue weighted by Crippen LogP contribution is -1.94. The summed E-state index contributed by atoms with van der Waals surface area (Å²) in [6.07, 6.45) is 4.50.